The molecule has 2 N–H and O–H groups in total. The Hall–Kier alpha value is -2.48. The molecule has 0 radical (unpaired) electrons. The van der Waals surface area contributed by atoms with Crippen LogP contribution in [0.25, 0.3) is 0 Å². The van der Waals surface area contributed by atoms with Gasteiger partial charge in [0, 0.05) is 45.5 Å². The van der Waals surface area contributed by atoms with Crippen LogP contribution in [0.2, 0.25) is 0 Å². The molecule has 7 heteroatoms. The highest BCUT2D eigenvalue weighted by molar-refractivity contribution is 5.79. The highest BCUT2D eigenvalue weighted by Gasteiger charge is 2.43. The van der Waals surface area contributed by atoms with Gasteiger partial charge in [0.1, 0.15) is 11.4 Å². The van der Waals surface area contributed by atoms with Gasteiger partial charge in [0.05, 0.1) is 19.1 Å². The van der Waals surface area contributed by atoms with Gasteiger partial charge >= 0.3 is 0 Å². The third-order valence-electron chi connectivity index (χ3n) is 6.15. The van der Waals surface area contributed by atoms with Crippen molar-refractivity contribution in [1.82, 2.24) is 14.8 Å². The number of piperazine rings is 1. The summed E-state index contributed by atoms with van der Waals surface area (Å²) in [6, 6.07) is 15.5. The van der Waals surface area contributed by atoms with Gasteiger partial charge in [-0.25, -0.2) is 4.98 Å². The molecular weight excluding hydrogens is 380 g/mol. The number of pyridine rings is 1. The first kappa shape index (κ1) is 20.8. The second kappa shape index (κ2) is 9.12. The first-order chi connectivity index (χ1) is 14.5. The minimum Gasteiger partial charge on any atom is -0.390 e. The average molecular weight is 411 g/mol. The number of carbonyl (C=O) groups excluding carboxylic acids is 1. The maximum absolute atomic E-state index is 12.8. The molecule has 0 spiro atoms. The van der Waals surface area contributed by atoms with Gasteiger partial charge in [-0.15, -0.1) is 0 Å². The predicted molar refractivity (Wildman–Crippen MR) is 115 cm³/mol. The van der Waals surface area contributed by atoms with E-state index in [9.17, 15) is 15.0 Å². The highest BCUT2D eigenvalue weighted by atomic mass is 16.3. The van der Waals surface area contributed by atoms with Crippen LogP contribution in [-0.2, 0) is 11.2 Å². The number of aromatic nitrogens is 1. The fourth-order valence-corrected chi connectivity index (χ4v) is 4.38. The Morgan fingerprint density at radius 2 is 1.77 bits per heavy atom. The Bertz CT molecular complexity index is 827. The van der Waals surface area contributed by atoms with Gasteiger partial charge in [-0.1, -0.05) is 36.4 Å². The molecule has 30 heavy (non-hydrogen) atoms. The topological polar surface area (TPSA) is 80.1 Å². The molecule has 1 aromatic carbocycles. The monoisotopic (exact) mass is 410 g/mol. The Labute approximate surface area is 177 Å². The molecule has 0 saturated carbocycles. The van der Waals surface area contributed by atoms with E-state index in [0.29, 0.717) is 25.9 Å². The molecule has 2 aliphatic rings. The number of amides is 1. The number of piperidine rings is 1. The van der Waals surface area contributed by atoms with Crippen LogP contribution in [0.5, 0.6) is 0 Å². The molecular formula is C23H30N4O3. The van der Waals surface area contributed by atoms with E-state index in [2.05, 4.69) is 14.8 Å². The molecule has 4 rings (SSSR count). The smallest absolute Gasteiger partial charge is 0.227 e. The number of anilines is 1. The number of aliphatic hydroxyl groups excluding tert-OH is 1. The van der Waals surface area contributed by atoms with Gasteiger partial charge in [-0.05, 0) is 24.1 Å². The number of nitrogens with zero attached hydrogens (tertiary/aromatic N) is 4. The van der Waals surface area contributed by atoms with Gasteiger partial charge in [0.2, 0.25) is 5.91 Å². The van der Waals surface area contributed by atoms with E-state index in [1.54, 1.807) is 11.1 Å². The van der Waals surface area contributed by atoms with Crippen LogP contribution in [0.4, 0.5) is 5.82 Å². The fourth-order valence-electron chi connectivity index (χ4n) is 4.38. The molecule has 1 aromatic heterocycles. The van der Waals surface area contributed by atoms with Crippen LogP contribution in [0.15, 0.2) is 54.7 Å². The number of hydrogen-bond acceptors (Lipinski definition) is 6. The summed E-state index contributed by atoms with van der Waals surface area (Å²) in [4.78, 5) is 23.3. The van der Waals surface area contributed by atoms with E-state index in [-0.39, 0.29) is 12.5 Å². The maximum atomic E-state index is 12.8. The summed E-state index contributed by atoms with van der Waals surface area (Å²) >= 11 is 0. The lowest BCUT2D eigenvalue weighted by Gasteiger charge is -2.46. The molecule has 1 amide bonds. The lowest BCUT2D eigenvalue weighted by molar-refractivity contribution is -0.155. The van der Waals surface area contributed by atoms with Crippen LogP contribution in [0, 0.1) is 0 Å². The zero-order valence-electron chi connectivity index (χ0n) is 17.2. The number of benzene rings is 1. The molecule has 0 bridgehead atoms. The second-order valence-corrected chi connectivity index (χ2v) is 8.34. The molecule has 3 heterocycles. The second-order valence-electron chi connectivity index (χ2n) is 8.34. The Balaban J connectivity index is 1.34. The summed E-state index contributed by atoms with van der Waals surface area (Å²) in [6.45, 7) is 4.20. The van der Waals surface area contributed by atoms with Crippen molar-refractivity contribution in [2.45, 2.75) is 24.5 Å². The summed E-state index contributed by atoms with van der Waals surface area (Å²) in [5, 5.41) is 21.8. The molecule has 2 aromatic rings. The number of β-amino-alcohol motifs (C(OH)–C–C–N with tert-alkyl or cyclic N) is 1. The van der Waals surface area contributed by atoms with Crippen molar-refractivity contribution in [2.24, 2.45) is 0 Å². The maximum Gasteiger partial charge on any atom is 0.227 e. The molecule has 0 unspecified atom stereocenters. The van der Waals surface area contributed by atoms with Crippen molar-refractivity contribution >= 4 is 11.7 Å². The Morgan fingerprint density at radius 1 is 1.03 bits per heavy atom. The standard InChI is InChI=1S/C23H30N4O3/c28-20-9-11-27(22(29)16-19-6-2-1-3-7-19)18-23(20,30)17-25-12-14-26(15-13-25)21-8-4-5-10-24-21/h1-8,10,20,28,30H,9,11-18H2/t20-,23+/m0/s1. The van der Waals surface area contributed by atoms with Gasteiger partial charge in [-0.3, -0.25) is 9.69 Å². The first-order valence-corrected chi connectivity index (χ1v) is 10.6. The van der Waals surface area contributed by atoms with Gasteiger partial charge < -0.3 is 20.0 Å². The summed E-state index contributed by atoms with van der Waals surface area (Å²) in [6.07, 6.45) is 1.68. The zero-order valence-corrected chi connectivity index (χ0v) is 17.2. The highest BCUT2D eigenvalue weighted by Crippen LogP contribution is 2.25. The van der Waals surface area contributed by atoms with Crippen molar-refractivity contribution in [3.05, 3.63) is 60.3 Å². The first-order valence-electron chi connectivity index (χ1n) is 10.6. The van der Waals surface area contributed by atoms with Crippen LogP contribution >= 0.6 is 0 Å². The van der Waals surface area contributed by atoms with Crippen molar-refractivity contribution in [1.29, 1.82) is 0 Å². The van der Waals surface area contributed by atoms with Gasteiger partial charge in [0.15, 0.2) is 0 Å². The van der Waals surface area contributed by atoms with Gasteiger partial charge in [-0.2, -0.15) is 0 Å². The number of aliphatic hydroxyl groups is 2. The average Bonchev–Trinajstić information content (AvgIpc) is 2.77. The van der Waals surface area contributed by atoms with Crippen LogP contribution in [0.1, 0.15) is 12.0 Å². The molecule has 2 aliphatic heterocycles. The van der Waals surface area contributed by atoms with E-state index < -0.39 is 11.7 Å². The molecule has 2 saturated heterocycles. The van der Waals surface area contributed by atoms with E-state index in [1.807, 2.05) is 48.5 Å². The quantitative estimate of drug-likeness (QED) is 0.758. The number of carbonyl (C=O) groups is 1. The largest absolute Gasteiger partial charge is 0.390 e. The lowest BCUT2D eigenvalue weighted by atomic mass is 9.88. The molecule has 2 fully saturated rings. The zero-order chi connectivity index (χ0) is 21.0. The molecule has 2 atom stereocenters. The summed E-state index contributed by atoms with van der Waals surface area (Å²) < 4.78 is 0. The van der Waals surface area contributed by atoms with E-state index >= 15 is 0 Å². The van der Waals surface area contributed by atoms with Crippen molar-refractivity contribution < 1.29 is 15.0 Å². The third kappa shape index (κ3) is 4.80. The van der Waals surface area contributed by atoms with E-state index in [0.717, 1.165) is 37.6 Å². The van der Waals surface area contributed by atoms with E-state index in [1.165, 1.54) is 0 Å². The SMILES string of the molecule is O=C(Cc1ccccc1)N1CC[C@H](O)[C@@](O)(CN2CCN(c3ccccn3)CC2)C1. The predicted octanol–water partition coefficient (Wildman–Crippen LogP) is 0.771. The van der Waals surface area contributed by atoms with Crippen molar-refractivity contribution in [2.75, 3.05) is 50.7 Å². The molecule has 0 aliphatic carbocycles. The van der Waals surface area contributed by atoms with Gasteiger partial charge in [0.25, 0.3) is 0 Å². The molecule has 7 nitrogen and oxygen atoms in total. The lowest BCUT2D eigenvalue weighted by Crippen LogP contribution is -2.64. The minimum atomic E-state index is -1.31. The summed E-state index contributed by atoms with van der Waals surface area (Å²) in [5.41, 5.74) is -0.347. The van der Waals surface area contributed by atoms with Crippen LogP contribution in [-0.4, -0.2) is 88.4 Å². The van der Waals surface area contributed by atoms with E-state index in [4.69, 9.17) is 0 Å². The number of hydrogen-bond donors (Lipinski definition) is 2. The summed E-state index contributed by atoms with van der Waals surface area (Å²) in [5.74, 6) is 0.956. The Kier molecular flexibility index (Phi) is 6.32. The fraction of sp³-hybridized carbons (Fsp3) is 0.478. The summed E-state index contributed by atoms with van der Waals surface area (Å²) in [7, 11) is 0. The van der Waals surface area contributed by atoms with Crippen LogP contribution < -0.4 is 4.90 Å². The third-order valence-corrected chi connectivity index (χ3v) is 6.15. The van der Waals surface area contributed by atoms with Crippen molar-refractivity contribution in [3.63, 3.8) is 0 Å². The van der Waals surface area contributed by atoms with Crippen LogP contribution in [0.3, 0.4) is 0 Å². The molecule has 160 valence electrons. The normalized spacial score (nSPS) is 25.3. The number of likely N-dealkylation sites (tertiary alicyclic amines) is 1. The number of rotatable bonds is 5. The van der Waals surface area contributed by atoms with Crippen molar-refractivity contribution in [3.8, 4) is 0 Å². The minimum absolute atomic E-state index is 0.00787. The Morgan fingerprint density at radius 3 is 2.47 bits per heavy atom.